The third-order valence-corrected chi connectivity index (χ3v) is 14.6. The summed E-state index contributed by atoms with van der Waals surface area (Å²) >= 11 is 7.12. The van der Waals surface area contributed by atoms with Crippen molar-refractivity contribution in [1.82, 2.24) is 29.8 Å². The van der Waals surface area contributed by atoms with Gasteiger partial charge >= 0.3 is 25.6 Å². The minimum atomic E-state index is -4.09. The quantitative estimate of drug-likeness (QED) is 0.0590. The van der Waals surface area contributed by atoms with Crippen LogP contribution in [0, 0.1) is 24.0 Å². The molecule has 4 aromatic rings. The number of hydrogen-bond acceptors (Lipinski definition) is 13. The van der Waals surface area contributed by atoms with Gasteiger partial charge in [-0.25, -0.2) is 28.0 Å². The Morgan fingerprint density at radius 3 is 2.47 bits per heavy atom. The lowest BCUT2D eigenvalue weighted by molar-refractivity contribution is -0.149. The van der Waals surface area contributed by atoms with Crippen LogP contribution in [0.4, 0.5) is 23.8 Å². The summed E-state index contributed by atoms with van der Waals surface area (Å²) in [6.07, 6.45) is 6.69. The first-order valence-corrected chi connectivity index (χ1v) is 24.2. The monoisotopic (exact) mass is 955 g/mol. The number of fused-ring (bicyclic) bond motifs is 5. The van der Waals surface area contributed by atoms with E-state index in [1.807, 2.05) is 4.90 Å². The molecule has 0 radical (unpaired) electrons. The van der Waals surface area contributed by atoms with Crippen LogP contribution in [-0.2, 0) is 23.6 Å². The Morgan fingerprint density at radius 2 is 1.80 bits per heavy atom. The predicted octanol–water partition coefficient (Wildman–Crippen LogP) is 8.41. The van der Waals surface area contributed by atoms with Gasteiger partial charge in [0.05, 0.1) is 34.7 Å². The number of piperazine rings is 1. The molecule has 4 aliphatic rings. The highest BCUT2D eigenvalue weighted by atomic mass is 35.5. The Bertz CT molecular complexity index is 2650. The van der Waals surface area contributed by atoms with Crippen molar-refractivity contribution in [3.05, 3.63) is 46.6 Å². The minimum absolute atomic E-state index is 0.0432. The molecule has 66 heavy (non-hydrogen) atoms. The second-order valence-electron chi connectivity index (χ2n) is 18.8. The molecule has 4 unspecified atom stereocenters. The Hall–Kier alpha value is -4.92. The molecule has 4 aliphatic heterocycles. The van der Waals surface area contributed by atoms with Gasteiger partial charge in [0.25, 0.3) is 0 Å². The van der Waals surface area contributed by atoms with E-state index >= 15 is 8.78 Å². The molecule has 1 amide bonds. The summed E-state index contributed by atoms with van der Waals surface area (Å²) in [4.78, 5) is 45.9. The molecular formula is C46H54ClF3N7O8P. The molecule has 354 valence electrons. The number of rotatable bonds is 13. The normalized spacial score (nSPS) is 23.2. The maximum absolute atomic E-state index is 17.8. The fourth-order valence-electron chi connectivity index (χ4n) is 9.81. The van der Waals surface area contributed by atoms with Crippen LogP contribution in [0.15, 0.2) is 24.3 Å². The van der Waals surface area contributed by atoms with Crippen LogP contribution in [0.2, 0.25) is 5.15 Å². The minimum Gasteiger partial charge on any atom is -0.462 e. The van der Waals surface area contributed by atoms with E-state index in [4.69, 9.17) is 46.5 Å². The molecule has 2 aromatic carbocycles. The van der Waals surface area contributed by atoms with E-state index < -0.39 is 72.7 Å². The molecule has 0 aliphatic carbocycles. The Labute approximate surface area is 386 Å². The number of methoxy groups -OCH3 is 1. The number of carbonyl (C=O) groups is 2. The van der Waals surface area contributed by atoms with E-state index in [1.165, 1.54) is 32.2 Å². The van der Waals surface area contributed by atoms with Crippen molar-refractivity contribution in [2.75, 3.05) is 51.1 Å². The molecular weight excluding hydrogens is 902 g/mol. The summed E-state index contributed by atoms with van der Waals surface area (Å²) in [5.41, 5.74) is -2.30. The van der Waals surface area contributed by atoms with Gasteiger partial charge in [-0.3, -0.25) is 19.2 Å². The lowest BCUT2D eigenvalue weighted by atomic mass is 9.95. The van der Waals surface area contributed by atoms with Crippen LogP contribution in [0.25, 0.3) is 32.9 Å². The second kappa shape index (κ2) is 18.3. The zero-order chi connectivity index (χ0) is 47.5. The van der Waals surface area contributed by atoms with Crippen molar-refractivity contribution < 1.29 is 50.8 Å². The van der Waals surface area contributed by atoms with Gasteiger partial charge in [0.15, 0.2) is 5.82 Å². The number of amides is 1. The number of halogens is 4. The maximum atomic E-state index is 17.8. The summed E-state index contributed by atoms with van der Waals surface area (Å²) < 4.78 is 91.3. The summed E-state index contributed by atoms with van der Waals surface area (Å²) in [5.74, 6) is 0.0101. The summed E-state index contributed by atoms with van der Waals surface area (Å²) in [7, 11) is -2.79. The number of pyridine rings is 1. The molecule has 20 heteroatoms. The topological polar surface area (TPSA) is 158 Å². The molecule has 8 rings (SSSR count). The van der Waals surface area contributed by atoms with Crippen LogP contribution < -0.4 is 19.2 Å². The zero-order valence-electron chi connectivity index (χ0n) is 38.0. The highest BCUT2D eigenvalue weighted by molar-refractivity contribution is 7.57. The van der Waals surface area contributed by atoms with Gasteiger partial charge in [-0.15, -0.1) is 6.42 Å². The molecule has 1 N–H and O–H groups in total. The van der Waals surface area contributed by atoms with Gasteiger partial charge in [0.1, 0.15) is 64.5 Å². The number of hydrogen-bond donors (Lipinski definition) is 1. The number of benzene rings is 2. The molecule has 0 spiro atoms. The van der Waals surface area contributed by atoms with Crippen molar-refractivity contribution in [2.45, 2.75) is 115 Å². The largest absolute Gasteiger partial charge is 0.462 e. The fourth-order valence-corrected chi connectivity index (χ4v) is 11.7. The first-order chi connectivity index (χ1) is 31.2. The van der Waals surface area contributed by atoms with Crippen molar-refractivity contribution in [3.63, 3.8) is 0 Å². The van der Waals surface area contributed by atoms with E-state index in [-0.39, 0.29) is 87.2 Å². The highest BCUT2D eigenvalue weighted by Crippen LogP contribution is 2.48. The third kappa shape index (κ3) is 9.34. The molecule has 15 nitrogen and oxygen atoms in total. The molecule has 4 saturated heterocycles. The third-order valence-electron chi connectivity index (χ3n) is 12.4. The SMILES string of the molecule is C#Cc1c(F)ccc2cc(OP(=O)(COC)N[C@@H](C)C(=O)OC(C)C)cc(-c3nc(Cl)c4c(N5CC6CCC(C5)N6C(=O)OC(C)(C)C)nc(OCC56CCCN5C[C@H](F)C6)nc4c3F)c12. The lowest BCUT2D eigenvalue weighted by Gasteiger charge is -2.42. The van der Waals surface area contributed by atoms with Crippen molar-refractivity contribution in [3.8, 4) is 35.4 Å². The van der Waals surface area contributed by atoms with Gasteiger partial charge in [-0.1, -0.05) is 23.6 Å². The maximum Gasteiger partial charge on any atom is 0.410 e. The van der Waals surface area contributed by atoms with Crippen molar-refractivity contribution in [1.29, 1.82) is 0 Å². The highest BCUT2D eigenvalue weighted by Gasteiger charge is 2.50. The van der Waals surface area contributed by atoms with Crippen LogP contribution >= 0.6 is 19.1 Å². The van der Waals surface area contributed by atoms with Crippen LogP contribution in [-0.4, -0.2) is 125 Å². The number of nitrogens with one attached hydrogen (secondary N) is 1. The molecule has 2 bridgehead atoms. The van der Waals surface area contributed by atoms with Gasteiger partial charge in [0, 0.05) is 44.1 Å². The number of ether oxygens (including phenoxy) is 4. The Balaban J connectivity index is 1.26. The first-order valence-electron chi connectivity index (χ1n) is 22.1. The molecule has 0 saturated carbocycles. The molecule has 4 fully saturated rings. The van der Waals surface area contributed by atoms with Crippen molar-refractivity contribution in [2.24, 2.45) is 0 Å². The number of terminal acetylenes is 1. The number of aromatic nitrogens is 3. The number of alkyl halides is 1. The van der Waals surface area contributed by atoms with Gasteiger partial charge in [-0.05, 0) is 97.4 Å². The van der Waals surface area contributed by atoms with Crippen LogP contribution in [0.3, 0.4) is 0 Å². The van der Waals surface area contributed by atoms with E-state index in [0.29, 0.717) is 32.4 Å². The lowest BCUT2D eigenvalue weighted by Crippen LogP contribution is -2.57. The molecule has 6 atom stereocenters. The van der Waals surface area contributed by atoms with Gasteiger partial charge in [-0.2, -0.15) is 9.97 Å². The van der Waals surface area contributed by atoms with Crippen molar-refractivity contribution >= 4 is 58.7 Å². The number of carbonyl (C=O) groups excluding carboxylic acids is 2. The Kier molecular flexibility index (Phi) is 13.2. The van der Waals surface area contributed by atoms with E-state index in [2.05, 4.69) is 25.9 Å². The second-order valence-corrected chi connectivity index (χ2v) is 21.2. The number of nitrogens with zero attached hydrogens (tertiary/aromatic N) is 6. The van der Waals surface area contributed by atoms with Crippen LogP contribution in [0.5, 0.6) is 11.8 Å². The molecule has 6 heterocycles. The van der Waals surface area contributed by atoms with E-state index in [0.717, 1.165) is 19.0 Å². The average molecular weight is 956 g/mol. The van der Waals surface area contributed by atoms with Gasteiger partial charge in [0.2, 0.25) is 0 Å². The van der Waals surface area contributed by atoms with Crippen LogP contribution in [0.1, 0.15) is 79.2 Å². The zero-order valence-corrected chi connectivity index (χ0v) is 39.6. The summed E-state index contributed by atoms with van der Waals surface area (Å²) in [5, 5.41) is 2.86. The van der Waals surface area contributed by atoms with E-state index in [9.17, 15) is 18.5 Å². The average Bonchev–Trinajstić information content (AvgIpc) is 3.86. The predicted molar refractivity (Wildman–Crippen MR) is 243 cm³/mol. The fraction of sp³-hybridized carbons (Fsp3) is 0.543. The summed E-state index contributed by atoms with van der Waals surface area (Å²) in [6.45, 7) is 11.9. The smallest absolute Gasteiger partial charge is 0.410 e. The standard InChI is InChI=1S/C46H54ClF3N7O8P/c1-9-32-34(49)14-11-27-17-31(65-66(60,24-61-8)54-26(4)42(58)63-25(2)3)18-33(35(27)32)38-37(50)39-36(40(47)51-38)41(53-43(52-39)62-23-46-15-10-16-56(46)20-28(48)19-46)55-21-29-12-13-30(22-55)57(29)44(59)64-45(5,6)7/h1,11,14,17-18,25-26,28-30H,10,12-13,15-16,19-24H2,2-8H3,(H,54,60)/t26-,28+,29?,30?,46?,66?/m0/s1. The molecule has 2 aromatic heterocycles. The number of anilines is 1. The summed E-state index contributed by atoms with van der Waals surface area (Å²) in [6, 6.07) is 3.44. The van der Waals surface area contributed by atoms with E-state index in [1.54, 1.807) is 39.5 Å². The number of esters is 1. The van der Waals surface area contributed by atoms with Gasteiger partial charge < -0.3 is 28.4 Å². The first kappa shape index (κ1) is 47.6. The Morgan fingerprint density at radius 1 is 1.08 bits per heavy atom.